The lowest BCUT2D eigenvalue weighted by Crippen LogP contribution is -2.42. The minimum Gasteiger partial charge on any atom is -0.395 e. The molecule has 0 radical (unpaired) electrons. The Morgan fingerprint density at radius 1 is 1.32 bits per heavy atom. The van der Waals surface area contributed by atoms with Crippen LogP contribution in [0, 0.1) is 0 Å². The van der Waals surface area contributed by atoms with E-state index in [0.717, 1.165) is 18.7 Å². The predicted molar refractivity (Wildman–Crippen MR) is 86.3 cm³/mol. The van der Waals surface area contributed by atoms with Crippen LogP contribution in [0.25, 0.3) is 0 Å². The van der Waals surface area contributed by atoms with Crippen LogP contribution in [0.3, 0.4) is 0 Å². The maximum atomic E-state index is 12.3. The molecule has 2 N–H and O–H groups in total. The van der Waals surface area contributed by atoms with Crippen molar-refractivity contribution in [1.29, 1.82) is 0 Å². The highest BCUT2D eigenvalue weighted by Gasteiger charge is 2.39. The summed E-state index contributed by atoms with van der Waals surface area (Å²) in [6.07, 6.45) is 5.50. The average molecular weight is 317 g/mol. The van der Waals surface area contributed by atoms with Crippen molar-refractivity contribution < 1.29 is 9.63 Å². The maximum absolute atomic E-state index is 12.3. The molecule has 6 heteroatoms. The van der Waals surface area contributed by atoms with Gasteiger partial charge in [-0.05, 0) is 60.9 Å². The van der Waals surface area contributed by atoms with E-state index in [4.69, 9.17) is 4.84 Å². The lowest BCUT2D eigenvalue weighted by molar-refractivity contribution is 0.0663. The molecule has 0 saturated carbocycles. The summed E-state index contributed by atoms with van der Waals surface area (Å²) in [4.78, 5) is 18.0. The van der Waals surface area contributed by atoms with Crippen molar-refractivity contribution in [3.05, 3.63) is 41.3 Å². The second-order valence-electron chi connectivity index (χ2n) is 5.97. The van der Waals surface area contributed by atoms with E-state index in [1.807, 2.05) is 35.7 Å². The van der Waals surface area contributed by atoms with Crippen LogP contribution in [0.15, 0.2) is 35.7 Å². The third kappa shape index (κ3) is 2.86. The molecule has 0 aliphatic carbocycles. The molecule has 3 aliphatic heterocycles. The number of rotatable bonds is 4. The smallest absolute Gasteiger partial charge is 0.251 e. The van der Waals surface area contributed by atoms with E-state index >= 15 is 0 Å². The van der Waals surface area contributed by atoms with Gasteiger partial charge in [-0.2, -0.15) is 0 Å². The molecule has 5 nitrogen and oxygen atoms in total. The number of benzene rings is 1. The molecule has 1 amide bonds. The summed E-state index contributed by atoms with van der Waals surface area (Å²) < 4.78 is 1.79. The van der Waals surface area contributed by atoms with Gasteiger partial charge in [0.1, 0.15) is 5.75 Å². The molecule has 2 bridgehead atoms. The van der Waals surface area contributed by atoms with E-state index in [1.165, 1.54) is 24.8 Å². The number of nitrogens with one attached hydrogen (secondary N) is 2. The highest BCUT2D eigenvalue weighted by atomic mass is 32.2. The SMILES string of the molecule is O=C(N[C@@H]1C[C@H]2CC[C@@H]1N2)c1ccc(ON2CC=CS2)cc1. The average Bonchev–Trinajstić information content (AvgIpc) is 3.25. The molecule has 2 saturated heterocycles. The van der Waals surface area contributed by atoms with E-state index in [1.54, 1.807) is 4.47 Å². The molecular weight excluding hydrogens is 298 g/mol. The summed E-state index contributed by atoms with van der Waals surface area (Å²) in [7, 11) is 0. The molecule has 0 spiro atoms. The minimum atomic E-state index is 0.00288. The molecule has 1 aromatic rings. The maximum Gasteiger partial charge on any atom is 0.251 e. The van der Waals surface area contributed by atoms with Gasteiger partial charge in [0, 0.05) is 23.7 Å². The second kappa shape index (κ2) is 5.95. The van der Waals surface area contributed by atoms with Crippen molar-refractivity contribution in [2.45, 2.75) is 37.4 Å². The van der Waals surface area contributed by atoms with Crippen molar-refractivity contribution in [1.82, 2.24) is 15.1 Å². The van der Waals surface area contributed by atoms with E-state index in [9.17, 15) is 4.79 Å². The Kier molecular flexibility index (Phi) is 3.82. The number of carbonyl (C=O) groups excluding carboxylic acids is 1. The molecule has 3 heterocycles. The molecule has 116 valence electrons. The van der Waals surface area contributed by atoms with Gasteiger partial charge in [0.05, 0.1) is 6.54 Å². The summed E-state index contributed by atoms with van der Waals surface area (Å²) in [6.45, 7) is 0.768. The van der Waals surface area contributed by atoms with E-state index in [2.05, 4.69) is 10.6 Å². The number of nitrogens with zero attached hydrogens (tertiary/aromatic N) is 1. The zero-order chi connectivity index (χ0) is 14.9. The van der Waals surface area contributed by atoms with Gasteiger partial charge in [-0.25, -0.2) is 0 Å². The molecule has 2 fully saturated rings. The number of hydrogen-bond acceptors (Lipinski definition) is 5. The summed E-state index contributed by atoms with van der Waals surface area (Å²) in [5, 5.41) is 8.68. The molecule has 4 rings (SSSR count). The van der Waals surface area contributed by atoms with Crippen LogP contribution in [0.4, 0.5) is 0 Å². The Morgan fingerprint density at radius 2 is 2.18 bits per heavy atom. The van der Waals surface area contributed by atoms with Crippen LogP contribution < -0.4 is 15.5 Å². The number of fused-ring (bicyclic) bond motifs is 2. The summed E-state index contributed by atoms with van der Waals surface area (Å²) in [5.41, 5.74) is 0.683. The van der Waals surface area contributed by atoms with E-state index in [-0.39, 0.29) is 11.9 Å². The van der Waals surface area contributed by atoms with Gasteiger partial charge in [0.15, 0.2) is 0 Å². The van der Waals surface area contributed by atoms with Gasteiger partial charge in [0.2, 0.25) is 0 Å². The van der Waals surface area contributed by atoms with Gasteiger partial charge in [-0.15, -0.1) is 0 Å². The highest BCUT2D eigenvalue weighted by Crippen LogP contribution is 2.28. The highest BCUT2D eigenvalue weighted by molar-refractivity contribution is 8.00. The van der Waals surface area contributed by atoms with E-state index < -0.39 is 0 Å². The van der Waals surface area contributed by atoms with Gasteiger partial charge < -0.3 is 15.5 Å². The fourth-order valence-electron chi connectivity index (χ4n) is 3.36. The largest absolute Gasteiger partial charge is 0.395 e. The monoisotopic (exact) mass is 317 g/mol. The van der Waals surface area contributed by atoms with Gasteiger partial charge >= 0.3 is 0 Å². The Balaban J connectivity index is 1.34. The van der Waals surface area contributed by atoms with Crippen LogP contribution in [0.5, 0.6) is 5.75 Å². The lowest BCUT2D eigenvalue weighted by Gasteiger charge is -2.21. The molecule has 1 aromatic carbocycles. The van der Waals surface area contributed by atoms with Gasteiger partial charge in [-0.3, -0.25) is 4.79 Å². The first-order valence-corrected chi connectivity index (χ1v) is 8.56. The molecular formula is C16H19N3O2S. The minimum absolute atomic E-state index is 0.00288. The van der Waals surface area contributed by atoms with Crippen molar-refractivity contribution >= 4 is 17.9 Å². The van der Waals surface area contributed by atoms with Crippen molar-refractivity contribution in [3.8, 4) is 5.75 Å². The van der Waals surface area contributed by atoms with Gasteiger partial charge in [-0.1, -0.05) is 10.5 Å². The Bertz CT molecular complexity index is 582. The van der Waals surface area contributed by atoms with Crippen LogP contribution in [-0.4, -0.2) is 35.0 Å². The van der Waals surface area contributed by atoms with Crippen molar-refractivity contribution in [2.75, 3.05) is 6.54 Å². The topological polar surface area (TPSA) is 53.6 Å². The van der Waals surface area contributed by atoms with Gasteiger partial charge in [0.25, 0.3) is 5.91 Å². The second-order valence-corrected chi connectivity index (χ2v) is 6.86. The van der Waals surface area contributed by atoms with Crippen LogP contribution in [0.2, 0.25) is 0 Å². The first kappa shape index (κ1) is 14.1. The molecule has 3 atom stereocenters. The third-order valence-electron chi connectivity index (χ3n) is 4.47. The van der Waals surface area contributed by atoms with Crippen LogP contribution in [-0.2, 0) is 0 Å². The summed E-state index contributed by atoms with van der Waals surface area (Å²) in [6, 6.07) is 8.64. The first-order chi connectivity index (χ1) is 10.8. The lowest BCUT2D eigenvalue weighted by atomic mass is 9.95. The summed E-state index contributed by atoms with van der Waals surface area (Å²) in [5.74, 6) is 0.748. The van der Waals surface area contributed by atoms with Crippen LogP contribution in [0.1, 0.15) is 29.6 Å². The Labute approximate surface area is 134 Å². The zero-order valence-corrected chi connectivity index (χ0v) is 13.0. The first-order valence-electron chi connectivity index (χ1n) is 7.72. The number of carbonyl (C=O) groups is 1. The fourth-order valence-corrected chi connectivity index (χ4v) is 3.97. The van der Waals surface area contributed by atoms with E-state index in [0.29, 0.717) is 17.6 Å². The standard InChI is InChI=1S/C16H19N3O2S/c20-16(18-15-10-12-4-7-14(15)17-12)11-2-5-13(6-3-11)21-19-8-1-9-22-19/h1-3,5-6,9,12,14-15,17H,4,7-8,10H2,(H,18,20)/t12-,14+,15-/m1/s1. The Hall–Kier alpha value is -1.50. The zero-order valence-electron chi connectivity index (χ0n) is 12.2. The van der Waals surface area contributed by atoms with Crippen molar-refractivity contribution in [2.24, 2.45) is 0 Å². The fraction of sp³-hybridized carbons (Fsp3) is 0.438. The Morgan fingerprint density at radius 3 is 2.82 bits per heavy atom. The molecule has 0 aromatic heterocycles. The molecule has 3 aliphatic rings. The predicted octanol–water partition coefficient (Wildman–Crippen LogP) is 2.08. The number of hydroxylamine groups is 1. The third-order valence-corrected chi connectivity index (χ3v) is 5.24. The van der Waals surface area contributed by atoms with Crippen LogP contribution >= 0.6 is 11.9 Å². The number of amides is 1. The summed E-state index contributed by atoms with van der Waals surface area (Å²) >= 11 is 1.52. The molecule has 22 heavy (non-hydrogen) atoms. The normalized spacial score (nSPS) is 29.9. The van der Waals surface area contributed by atoms with Crippen molar-refractivity contribution in [3.63, 3.8) is 0 Å². The molecule has 0 unspecified atom stereocenters. The quantitative estimate of drug-likeness (QED) is 0.833. The number of hydrogen-bond donors (Lipinski definition) is 2.